The molecule has 0 saturated carbocycles. The molecule has 0 bridgehead atoms. The second kappa shape index (κ2) is 9.71. The highest BCUT2D eigenvalue weighted by atomic mass is 19.1. The zero-order valence-electron chi connectivity index (χ0n) is 17.7. The number of hydrogen-bond donors (Lipinski definition) is 0. The molecule has 144 valence electrons. The molecule has 2 heteroatoms. The monoisotopic (exact) mass is 350 g/mol. The summed E-state index contributed by atoms with van der Waals surface area (Å²) < 4.78 is 19.1. The lowest BCUT2D eigenvalue weighted by Gasteiger charge is -2.46. The van der Waals surface area contributed by atoms with Gasteiger partial charge < -0.3 is 4.74 Å². The van der Waals surface area contributed by atoms with Gasteiger partial charge in [-0.3, -0.25) is 0 Å². The quantitative estimate of drug-likeness (QED) is 0.562. The van der Waals surface area contributed by atoms with Crippen LogP contribution >= 0.6 is 0 Å². The smallest absolute Gasteiger partial charge is 0.126 e. The molecule has 3 unspecified atom stereocenters. The van der Waals surface area contributed by atoms with E-state index in [1.807, 2.05) is 13.0 Å². The van der Waals surface area contributed by atoms with E-state index in [-0.39, 0.29) is 17.2 Å². The molecule has 1 aromatic rings. The van der Waals surface area contributed by atoms with Crippen LogP contribution in [0.25, 0.3) is 0 Å². The molecule has 0 spiro atoms. The van der Waals surface area contributed by atoms with Gasteiger partial charge in [0.2, 0.25) is 0 Å². The summed E-state index contributed by atoms with van der Waals surface area (Å²) in [5, 5.41) is 0. The molecular formula is C23H39FO. The van der Waals surface area contributed by atoms with Crippen LogP contribution in [0, 0.1) is 17.7 Å². The fourth-order valence-electron chi connectivity index (χ4n) is 4.30. The number of fused-ring (bicyclic) bond motifs is 1. The Balaban J connectivity index is 0.000000705. The van der Waals surface area contributed by atoms with Crippen LogP contribution in [0.4, 0.5) is 4.39 Å². The maximum absolute atomic E-state index is 14.5. The summed E-state index contributed by atoms with van der Waals surface area (Å²) in [5.41, 5.74) is 3.68. The van der Waals surface area contributed by atoms with Crippen LogP contribution in [0.5, 0.6) is 0 Å². The van der Waals surface area contributed by atoms with Crippen molar-refractivity contribution >= 4 is 0 Å². The van der Waals surface area contributed by atoms with Crippen molar-refractivity contribution in [3.05, 3.63) is 34.6 Å². The van der Waals surface area contributed by atoms with E-state index in [9.17, 15) is 4.39 Å². The lowest BCUT2D eigenvalue weighted by molar-refractivity contribution is 0.170. The highest BCUT2D eigenvalue weighted by molar-refractivity contribution is 5.42. The summed E-state index contributed by atoms with van der Waals surface area (Å²) in [6, 6.07) is 4.01. The van der Waals surface area contributed by atoms with Crippen LogP contribution in [-0.4, -0.2) is 13.7 Å². The zero-order valence-corrected chi connectivity index (χ0v) is 17.7. The van der Waals surface area contributed by atoms with Crippen LogP contribution in [0.1, 0.15) is 90.3 Å². The molecule has 0 radical (unpaired) electrons. The first-order valence-corrected chi connectivity index (χ1v) is 10.1. The molecule has 1 aromatic carbocycles. The van der Waals surface area contributed by atoms with Gasteiger partial charge in [0.1, 0.15) is 5.82 Å². The molecule has 2 rings (SSSR count). The standard InChI is InChI=1S/C20H31F.C3H8O/c1-7-14(5)17-10-9-15-11-16(13(3)4)19(21)12-18(15)20(17,6)8-2;1-3-4-2/h11-14,17H,7-10H2,1-6H3;3H2,1-2H3. The number of halogens is 1. The molecule has 25 heavy (non-hydrogen) atoms. The van der Waals surface area contributed by atoms with Gasteiger partial charge in [0, 0.05) is 13.7 Å². The average Bonchev–Trinajstić information content (AvgIpc) is 2.61. The first-order chi connectivity index (χ1) is 11.8. The highest BCUT2D eigenvalue weighted by Crippen LogP contribution is 2.48. The molecule has 0 heterocycles. The predicted octanol–water partition coefficient (Wildman–Crippen LogP) is 6.88. The first-order valence-electron chi connectivity index (χ1n) is 10.1. The van der Waals surface area contributed by atoms with E-state index in [1.54, 1.807) is 7.11 Å². The van der Waals surface area contributed by atoms with Gasteiger partial charge in [0.25, 0.3) is 0 Å². The van der Waals surface area contributed by atoms with Crippen LogP contribution in [0.2, 0.25) is 0 Å². The lowest BCUT2D eigenvalue weighted by Crippen LogP contribution is -2.40. The van der Waals surface area contributed by atoms with E-state index >= 15 is 0 Å². The number of methoxy groups -OCH3 is 1. The number of rotatable bonds is 5. The summed E-state index contributed by atoms with van der Waals surface area (Å²) in [7, 11) is 1.68. The second-order valence-corrected chi connectivity index (χ2v) is 8.06. The molecule has 0 N–H and O–H groups in total. The summed E-state index contributed by atoms with van der Waals surface area (Å²) in [6.45, 7) is 16.2. The molecule has 3 atom stereocenters. The van der Waals surface area contributed by atoms with E-state index in [4.69, 9.17) is 0 Å². The van der Waals surface area contributed by atoms with E-state index < -0.39 is 0 Å². The molecule has 1 aliphatic carbocycles. The van der Waals surface area contributed by atoms with Gasteiger partial charge in [-0.2, -0.15) is 0 Å². The lowest BCUT2D eigenvalue weighted by atomic mass is 9.59. The third-order valence-electron chi connectivity index (χ3n) is 6.36. The first kappa shape index (κ1) is 22.2. The number of ether oxygens (including phenoxy) is 1. The van der Waals surface area contributed by atoms with Crippen molar-refractivity contribution < 1.29 is 9.13 Å². The van der Waals surface area contributed by atoms with Crippen molar-refractivity contribution in [1.82, 2.24) is 0 Å². The van der Waals surface area contributed by atoms with Gasteiger partial charge in [-0.05, 0) is 72.1 Å². The van der Waals surface area contributed by atoms with Crippen LogP contribution in [0.3, 0.4) is 0 Å². The molecule has 0 saturated heterocycles. The Bertz CT molecular complexity index is 535. The topological polar surface area (TPSA) is 9.23 Å². The summed E-state index contributed by atoms with van der Waals surface area (Å²) in [4.78, 5) is 0. The van der Waals surface area contributed by atoms with E-state index in [1.165, 1.54) is 24.0 Å². The van der Waals surface area contributed by atoms with Gasteiger partial charge in [0.15, 0.2) is 0 Å². The molecule has 0 aromatic heterocycles. The molecule has 0 aliphatic heterocycles. The van der Waals surface area contributed by atoms with Crippen molar-refractivity contribution in [2.75, 3.05) is 13.7 Å². The largest absolute Gasteiger partial charge is 0.385 e. The molecule has 1 aliphatic rings. The third kappa shape index (κ3) is 4.84. The fraction of sp³-hybridized carbons (Fsp3) is 0.739. The van der Waals surface area contributed by atoms with E-state index in [0.717, 1.165) is 25.0 Å². The second-order valence-electron chi connectivity index (χ2n) is 8.06. The minimum atomic E-state index is -0.00627. The number of hydrogen-bond acceptors (Lipinski definition) is 1. The van der Waals surface area contributed by atoms with Crippen LogP contribution < -0.4 is 0 Å². The van der Waals surface area contributed by atoms with Gasteiger partial charge in [0.05, 0.1) is 0 Å². The Morgan fingerprint density at radius 2 is 1.80 bits per heavy atom. The maximum atomic E-state index is 14.5. The Labute approximate surface area is 155 Å². The van der Waals surface area contributed by atoms with Crippen molar-refractivity contribution in [2.45, 2.75) is 85.5 Å². The average molecular weight is 351 g/mol. The summed E-state index contributed by atoms with van der Waals surface area (Å²) in [5.74, 6) is 1.63. The Hall–Kier alpha value is -0.890. The van der Waals surface area contributed by atoms with Crippen molar-refractivity contribution in [1.29, 1.82) is 0 Å². The SMILES string of the molecule is CCC(C)C1CCc2cc(C(C)C)c(F)cc2C1(C)CC.CCOC. The molecule has 1 nitrogen and oxygen atoms in total. The normalized spacial score (nSPS) is 23.7. The number of benzene rings is 1. The minimum absolute atomic E-state index is 0.00627. The minimum Gasteiger partial charge on any atom is -0.385 e. The van der Waals surface area contributed by atoms with Crippen molar-refractivity contribution in [3.63, 3.8) is 0 Å². The van der Waals surface area contributed by atoms with Gasteiger partial charge >= 0.3 is 0 Å². The van der Waals surface area contributed by atoms with Crippen molar-refractivity contribution in [3.8, 4) is 0 Å². The summed E-state index contributed by atoms with van der Waals surface area (Å²) >= 11 is 0. The number of aryl methyl sites for hydroxylation is 1. The van der Waals surface area contributed by atoms with Crippen molar-refractivity contribution in [2.24, 2.45) is 11.8 Å². The third-order valence-corrected chi connectivity index (χ3v) is 6.36. The molecule has 0 fully saturated rings. The van der Waals surface area contributed by atoms with Gasteiger partial charge in [-0.25, -0.2) is 4.39 Å². The van der Waals surface area contributed by atoms with Gasteiger partial charge in [-0.1, -0.05) is 54.0 Å². The Morgan fingerprint density at radius 3 is 2.24 bits per heavy atom. The van der Waals surface area contributed by atoms with E-state index in [2.05, 4.69) is 52.3 Å². The highest BCUT2D eigenvalue weighted by Gasteiger charge is 2.41. The molecular weight excluding hydrogens is 311 g/mol. The fourth-order valence-corrected chi connectivity index (χ4v) is 4.30. The van der Waals surface area contributed by atoms with Crippen LogP contribution in [-0.2, 0) is 16.6 Å². The summed E-state index contributed by atoms with van der Waals surface area (Å²) in [6.07, 6.45) is 4.66. The zero-order chi connectivity index (χ0) is 19.2. The maximum Gasteiger partial charge on any atom is 0.126 e. The van der Waals surface area contributed by atoms with E-state index in [0.29, 0.717) is 11.8 Å². The Kier molecular flexibility index (Phi) is 8.60. The van der Waals surface area contributed by atoms with Crippen LogP contribution in [0.15, 0.2) is 12.1 Å². The predicted molar refractivity (Wildman–Crippen MR) is 107 cm³/mol. The Morgan fingerprint density at radius 1 is 1.20 bits per heavy atom. The van der Waals surface area contributed by atoms with Gasteiger partial charge in [-0.15, -0.1) is 0 Å². The molecule has 0 amide bonds.